The number of thioether (sulfide) groups is 1. The van der Waals surface area contributed by atoms with Crippen molar-refractivity contribution in [1.82, 2.24) is 5.32 Å². The molecule has 0 fully saturated rings. The minimum absolute atomic E-state index is 0.0292. The van der Waals surface area contributed by atoms with Crippen LogP contribution in [0.2, 0.25) is 0 Å². The first-order chi connectivity index (χ1) is 18.3. The van der Waals surface area contributed by atoms with Crippen molar-refractivity contribution in [3.63, 3.8) is 0 Å². The molecule has 3 aromatic rings. The Morgan fingerprint density at radius 3 is 2.53 bits per heavy atom. The molecule has 1 N–H and O–H groups in total. The number of benzene rings is 3. The van der Waals surface area contributed by atoms with Crippen molar-refractivity contribution in [2.45, 2.75) is 70.2 Å². The van der Waals surface area contributed by atoms with E-state index in [2.05, 4.69) is 44.3 Å². The molecule has 4 rings (SSSR count). The van der Waals surface area contributed by atoms with Crippen LogP contribution < -0.4 is 15.0 Å². The lowest BCUT2D eigenvalue weighted by Crippen LogP contribution is -2.47. The van der Waals surface area contributed by atoms with Gasteiger partial charge in [0.15, 0.2) is 0 Å². The number of unbranched alkanes of at least 4 members (excludes halogenated alkanes) is 1. The van der Waals surface area contributed by atoms with Gasteiger partial charge in [0, 0.05) is 4.90 Å². The fraction of sp³-hybridized carbons (Fsp3) is 0.375. The topological polar surface area (TPSA) is 58.6 Å². The summed E-state index contributed by atoms with van der Waals surface area (Å²) in [6.07, 6.45) is 2.12. The molecular formula is C32H38N2O3S. The largest absolute Gasteiger partial charge is 0.494 e. The number of fused-ring (bicyclic) bond motifs is 1. The number of ether oxygens (including phenoxy) is 1. The smallest absolute Gasteiger partial charge is 0.241 e. The zero-order chi connectivity index (χ0) is 27.2. The SMILES string of the molecule is CCCCOc1ccc([C@H](C)NC(=O)[C@H](C)[C@@H]2Sc3ccccc3N(Cc3cc(C)ccc3C)C2=O)cc1. The van der Waals surface area contributed by atoms with Gasteiger partial charge in [-0.2, -0.15) is 0 Å². The van der Waals surface area contributed by atoms with E-state index in [-0.39, 0.29) is 17.9 Å². The van der Waals surface area contributed by atoms with Crippen LogP contribution in [0.15, 0.2) is 71.6 Å². The second-order valence-corrected chi connectivity index (χ2v) is 11.3. The Bertz CT molecular complexity index is 1270. The maximum Gasteiger partial charge on any atom is 0.241 e. The van der Waals surface area contributed by atoms with Crippen molar-refractivity contribution in [3.8, 4) is 5.75 Å². The van der Waals surface area contributed by atoms with Crippen molar-refractivity contribution in [3.05, 3.63) is 89.0 Å². The average Bonchev–Trinajstić information content (AvgIpc) is 2.92. The number of amides is 2. The van der Waals surface area contributed by atoms with E-state index in [0.29, 0.717) is 13.2 Å². The molecule has 3 atom stereocenters. The van der Waals surface area contributed by atoms with Gasteiger partial charge < -0.3 is 15.0 Å². The number of hydrogen-bond donors (Lipinski definition) is 1. The Morgan fingerprint density at radius 1 is 1.05 bits per heavy atom. The molecule has 1 heterocycles. The van der Waals surface area contributed by atoms with Crippen LogP contribution in [0.1, 0.15) is 61.9 Å². The van der Waals surface area contributed by atoms with Gasteiger partial charge in [0.05, 0.1) is 30.8 Å². The minimum atomic E-state index is -0.503. The zero-order valence-corrected chi connectivity index (χ0v) is 23.8. The van der Waals surface area contributed by atoms with Crippen molar-refractivity contribution >= 4 is 29.3 Å². The van der Waals surface area contributed by atoms with Crippen LogP contribution >= 0.6 is 11.8 Å². The van der Waals surface area contributed by atoms with Crippen molar-refractivity contribution in [1.29, 1.82) is 0 Å². The predicted molar refractivity (Wildman–Crippen MR) is 156 cm³/mol. The molecule has 0 spiro atoms. The monoisotopic (exact) mass is 530 g/mol. The number of nitrogens with one attached hydrogen (secondary N) is 1. The zero-order valence-electron chi connectivity index (χ0n) is 23.0. The summed E-state index contributed by atoms with van der Waals surface area (Å²) in [4.78, 5) is 30.1. The second-order valence-electron chi connectivity index (χ2n) is 10.2. The van der Waals surface area contributed by atoms with E-state index < -0.39 is 11.2 Å². The fourth-order valence-electron chi connectivity index (χ4n) is 4.61. The normalized spacial score (nSPS) is 16.5. The fourth-order valence-corrected chi connectivity index (χ4v) is 5.90. The van der Waals surface area contributed by atoms with Crippen molar-refractivity contribution in [2.75, 3.05) is 11.5 Å². The van der Waals surface area contributed by atoms with Crippen LogP contribution in [-0.4, -0.2) is 23.7 Å². The Hall–Kier alpha value is -3.25. The summed E-state index contributed by atoms with van der Waals surface area (Å²) in [5, 5.41) is 2.62. The van der Waals surface area contributed by atoms with Gasteiger partial charge in [-0.25, -0.2) is 0 Å². The van der Waals surface area contributed by atoms with E-state index in [4.69, 9.17) is 4.74 Å². The molecule has 38 heavy (non-hydrogen) atoms. The van der Waals surface area contributed by atoms with Gasteiger partial charge in [0.25, 0.3) is 0 Å². The Morgan fingerprint density at radius 2 is 1.79 bits per heavy atom. The maximum absolute atomic E-state index is 13.8. The van der Waals surface area contributed by atoms with E-state index in [1.165, 1.54) is 11.8 Å². The summed E-state index contributed by atoms with van der Waals surface area (Å²) in [6, 6.07) is 22.0. The number of rotatable bonds is 10. The third-order valence-electron chi connectivity index (χ3n) is 7.13. The van der Waals surface area contributed by atoms with Gasteiger partial charge in [-0.3, -0.25) is 9.59 Å². The first-order valence-electron chi connectivity index (χ1n) is 13.4. The molecule has 200 valence electrons. The lowest BCUT2D eigenvalue weighted by atomic mass is 10.0. The number of anilines is 1. The minimum Gasteiger partial charge on any atom is -0.494 e. The van der Waals surface area contributed by atoms with Gasteiger partial charge in [0.2, 0.25) is 11.8 Å². The molecule has 2 amide bonds. The maximum atomic E-state index is 13.8. The molecule has 0 bridgehead atoms. The van der Waals surface area contributed by atoms with E-state index in [1.807, 2.05) is 67.3 Å². The third-order valence-corrected chi connectivity index (χ3v) is 8.59. The molecule has 6 heteroatoms. The molecule has 0 radical (unpaired) electrons. The van der Waals surface area contributed by atoms with Gasteiger partial charge >= 0.3 is 0 Å². The number of carbonyl (C=O) groups is 2. The Labute approximate surface area is 231 Å². The van der Waals surface area contributed by atoms with E-state index >= 15 is 0 Å². The molecule has 0 aliphatic carbocycles. The molecule has 1 aliphatic heterocycles. The highest BCUT2D eigenvalue weighted by Gasteiger charge is 2.39. The summed E-state index contributed by atoms with van der Waals surface area (Å²) < 4.78 is 5.75. The van der Waals surface area contributed by atoms with E-state index in [1.54, 1.807) is 0 Å². The molecule has 3 aromatic carbocycles. The number of para-hydroxylation sites is 1. The van der Waals surface area contributed by atoms with Crippen LogP contribution in [-0.2, 0) is 16.1 Å². The molecule has 1 aliphatic rings. The van der Waals surface area contributed by atoms with Crippen molar-refractivity contribution < 1.29 is 14.3 Å². The number of aryl methyl sites for hydroxylation is 2. The Kier molecular flexibility index (Phi) is 9.16. The van der Waals surface area contributed by atoms with Crippen LogP contribution in [0.3, 0.4) is 0 Å². The van der Waals surface area contributed by atoms with Crippen molar-refractivity contribution in [2.24, 2.45) is 5.92 Å². The average molecular weight is 531 g/mol. The van der Waals surface area contributed by atoms with Crippen LogP contribution in [0.25, 0.3) is 0 Å². The lowest BCUT2D eigenvalue weighted by molar-refractivity contribution is -0.128. The number of hydrogen-bond acceptors (Lipinski definition) is 4. The highest BCUT2D eigenvalue weighted by molar-refractivity contribution is 8.01. The molecule has 5 nitrogen and oxygen atoms in total. The summed E-state index contributed by atoms with van der Waals surface area (Å²) in [5.74, 6) is 0.179. The van der Waals surface area contributed by atoms with Crippen LogP contribution in [0.4, 0.5) is 5.69 Å². The van der Waals surface area contributed by atoms with Gasteiger partial charge in [-0.05, 0) is 68.1 Å². The van der Waals surface area contributed by atoms with Crippen LogP contribution in [0.5, 0.6) is 5.75 Å². The standard InChI is InChI=1S/C32H38N2O3S/c1-6-7-18-37-27-16-14-25(15-17-27)24(5)33-31(35)23(4)30-32(36)34(28-10-8-9-11-29(28)38-30)20-26-19-21(2)12-13-22(26)3/h8-17,19,23-24,30H,6-7,18,20H2,1-5H3,(H,33,35)/t23-,24+,30+/m1/s1. The van der Waals surface area contributed by atoms with Gasteiger partial charge in [0.1, 0.15) is 11.0 Å². The quantitative estimate of drug-likeness (QED) is 0.287. The Balaban J connectivity index is 1.48. The summed E-state index contributed by atoms with van der Waals surface area (Å²) in [7, 11) is 0. The van der Waals surface area contributed by atoms with Gasteiger partial charge in [-0.1, -0.05) is 68.3 Å². The van der Waals surface area contributed by atoms with Gasteiger partial charge in [-0.15, -0.1) is 11.8 Å². The highest BCUT2D eigenvalue weighted by Crippen LogP contribution is 2.42. The molecule has 0 unspecified atom stereocenters. The molecule has 0 saturated heterocycles. The predicted octanol–water partition coefficient (Wildman–Crippen LogP) is 7.00. The van der Waals surface area contributed by atoms with E-state index in [0.717, 1.165) is 51.4 Å². The molecule has 0 saturated carbocycles. The third kappa shape index (κ3) is 6.41. The second kappa shape index (κ2) is 12.5. The first-order valence-corrected chi connectivity index (χ1v) is 14.3. The summed E-state index contributed by atoms with van der Waals surface area (Å²) >= 11 is 1.49. The summed E-state index contributed by atoms with van der Waals surface area (Å²) in [5.41, 5.74) is 5.33. The number of carbonyl (C=O) groups excluding carboxylic acids is 2. The summed E-state index contributed by atoms with van der Waals surface area (Å²) in [6.45, 7) is 11.3. The highest BCUT2D eigenvalue weighted by atomic mass is 32.2. The van der Waals surface area contributed by atoms with Crippen LogP contribution in [0, 0.1) is 19.8 Å². The first kappa shape index (κ1) is 27.8. The molecular weight excluding hydrogens is 492 g/mol. The van der Waals surface area contributed by atoms with E-state index in [9.17, 15) is 9.59 Å². The lowest BCUT2D eigenvalue weighted by Gasteiger charge is -2.36. The number of nitrogens with zero attached hydrogens (tertiary/aromatic N) is 1. The molecule has 0 aromatic heterocycles.